The van der Waals surface area contributed by atoms with Gasteiger partial charge < -0.3 is 14.5 Å². The van der Waals surface area contributed by atoms with Gasteiger partial charge in [-0.15, -0.1) is 0 Å². The number of anilines is 1. The Morgan fingerprint density at radius 3 is 2.48 bits per heavy atom. The molecule has 2 aliphatic heterocycles. The van der Waals surface area contributed by atoms with Crippen molar-refractivity contribution >= 4 is 11.6 Å². The number of hydrogen-bond donors (Lipinski definition) is 0. The number of piperazine rings is 1. The van der Waals surface area contributed by atoms with E-state index in [0.717, 1.165) is 51.4 Å². The molecule has 0 spiro atoms. The van der Waals surface area contributed by atoms with E-state index in [-0.39, 0.29) is 5.41 Å². The molecule has 150 valence electrons. The van der Waals surface area contributed by atoms with Gasteiger partial charge in [-0.25, -0.2) is 0 Å². The van der Waals surface area contributed by atoms with Crippen molar-refractivity contribution in [3.05, 3.63) is 24.3 Å². The second kappa shape index (κ2) is 8.51. The first-order valence-corrected chi connectivity index (χ1v) is 10.3. The van der Waals surface area contributed by atoms with Gasteiger partial charge in [0, 0.05) is 51.7 Å². The van der Waals surface area contributed by atoms with Crippen LogP contribution >= 0.6 is 0 Å². The third-order valence-electron chi connectivity index (χ3n) is 5.69. The van der Waals surface area contributed by atoms with Crippen molar-refractivity contribution in [1.29, 1.82) is 0 Å². The summed E-state index contributed by atoms with van der Waals surface area (Å²) in [4.78, 5) is 19.7. The molecule has 1 atom stereocenters. The number of nitrogens with zero attached hydrogens (tertiary/aromatic N) is 3. The van der Waals surface area contributed by atoms with E-state index in [0.29, 0.717) is 18.4 Å². The Labute approximate surface area is 164 Å². The first-order chi connectivity index (χ1) is 12.9. The van der Waals surface area contributed by atoms with Gasteiger partial charge in [-0.3, -0.25) is 9.69 Å². The number of carbonyl (C=O) groups excluding carboxylic acids is 1. The fraction of sp³-hybridized carbons (Fsp3) is 0.682. The van der Waals surface area contributed by atoms with Crippen LogP contribution in [-0.2, 0) is 4.79 Å². The van der Waals surface area contributed by atoms with Gasteiger partial charge in [0.05, 0.1) is 12.8 Å². The minimum atomic E-state index is 0.0599. The van der Waals surface area contributed by atoms with Crippen molar-refractivity contribution in [2.24, 2.45) is 5.41 Å². The van der Waals surface area contributed by atoms with E-state index in [4.69, 9.17) is 4.74 Å². The number of amides is 1. The molecular weight excluding hydrogens is 338 g/mol. The molecule has 5 heteroatoms. The van der Waals surface area contributed by atoms with Crippen LogP contribution in [0.4, 0.5) is 5.69 Å². The van der Waals surface area contributed by atoms with E-state index in [1.807, 2.05) is 12.1 Å². The van der Waals surface area contributed by atoms with Gasteiger partial charge >= 0.3 is 0 Å². The van der Waals surface area contributed by atoms with Crippen molar-refractivity contribution in [1.82, 2.24) is 9.80 Å². The third kappa shape index (κ3) is 5.16. The Hall–Kier alpha value is -1.75. The predicted octanol–water partition coefficient (Wildman–Crippen LogP) is 3.24. The number of hydrogen-bond acceptors (Lipinski definition) is 4. The molecule has 1 unspecified atom stereocenters. The highest BCUT2D eigenvalue weighted by atomic mass is 16.5. The highest BCUT2D eigenvalue weighted by Crippen LogP contribution is 2.29. The second-order valence-electron chi connectivity index (χ2n) is 9.07. The molecule has 0 N–H and O–H groups in total. The maximum Gasteiger partial charge on any atom is 0.223 e. The number of para-hydroxylation sites is 2. The molecule has 1 aromatic rings. The normalized spacial score (nSPS) is 22.0. The topological polar surface area (TPSA) is 36.0 Å². The molecule has 0 aliphatic carbocycles. The van der Waals surface area contributed by atoms with Crippen molar-refractivity contribution in [3.63, 3.8) is 0 Å². The smallest absolute Gasteiger partial charge is 0.223 e. The number of carbonyl (C=O) groups is 1. The molecule has 2 fully saturated rings. The number of benzene rings is 1. The van der Waals surface area contributed by atoms with Gasteiger partial charge in [0.25, 0.3) is 0 Å². The van der Waals surface area contributed by atoms with Gasteiger partial charge in [0.2, 0.25) is 5.91 Å². The van der Waals surface area contributed by atoms with E-state index in [1.54, 1.807) is 7.11 Å². The fourth-order valence-corrected chi connectivity index (χ4v) is 4.26. The predicted molar refractivity (Wildman–Crippen MR) is 110 cm³/mol. The molecule has 1 amide bonds. The lowest BCUT2D eigenvalue weighted by Gasteiger charge is -2.44. The summed E-state index contributed by atoms with van der Waals surface area (Å²) in [6.45, 7) is 12.3. The summed E-state index contributed by atoms with van der Waals surface area (Å²) in [5, 5.41) is 0. The molecular formula is C22H35N3O2. The van der Waals surface area contributed by atoms with Crippen LogP contribution in [-0.4, -0.2) is 68.1 Å². The van der Waals surface area contributed by atoms with Crippen LogP contribution in [0.2, 0.25) is 0 Å². The maximum absolute atomic E-state index is 12.6. The van der Waals surface area contributed by atoms with Gasteiger partial charge in [-0.05, 0) is 30.4 Å². The monoisotopic (exact) mass is 373 g/mol. The van der Waals surface area contributed by atoms with E-state index in [2.05, 4.69) is 47.6 Å². The van der Waals surface area contributed by atoms with Crippen LogP contribution < -0.4 is 9.64 Å². The lowest BCUT2D eigenvalue weighted by molar-refractivity contribution is -0.135. The van der Waals surface area contributed by atoms with Crippen molar-refractivity contribution in [3.8, 4) is 5.75 Å². The first-order valence-electron chi connectivity index (χ1n) is 10.3. The number of rotatable bonds is 4. The van der Waals surface area contributed by atoms with Gasteiger partial charge in [0.15, 0.2) is 0 Å². The minimum Gasteiger partial charge on any atom is -0.495 e. The molecule has 2 aliphatic rings. The minimum absolute atomic E-state index is 0.0599. The van der Waals surface area contributed by atoms with Crippen LogP contribution in [0.3, 0.4) is 0 Å². The standard InChI is InChI=1S/C22H35N3O2/c1-22(2,3)16-21(26)25-11-7-8-18(17-25)23-12-14-24(15-13-23)19-9-5-6-10-20(19)27-4/h5-6,9-10,18H,7-8,11-17H2,1-4H3. The van der Waals surface area contributed by atoms with E-state index in [9.17, 15) is 4.79 Å². The molecule has 0 aromatic heterocycles. The zero-order valence-electron chi connectivity index (χ0n) is 17.4. The number of piperidine rings is 1. The van der Waals surface area contributed by atoms with Crippen LogP contribution in [0, 0.1) is 5.41 Å². The summed E-state index contributed by atoms with van der Waals surface area (Å²) in [7, 11) is 1.74. The van der Waals surface area contributed by atoms with Crippen molar-refractivity contribution in [2.45, 2.75) is 46.1 Å². The number of likely N-dealkylation sites (tertiary alicyclic amines) is 1. The zero-order chi connectivity index (χ0) is 19.4. The molecule has 1 aromatic carbocycles. The highest BCUT2D eigenvalue weighted by Gasteiger charge is 2.31. The molecule has 2 saturated heterocycles. The Morgan fingerprint density at radius 2 is 1.81 bits per heavy atom. The van der Waals surface area contributed by atoms with Gasteiger partial charge in [0.1, 0.15) is 5.75 Å². The molecule has 3 rings (SSSR count). The molecule has 2 heterocycles. The summed E-state index contributed by atoms with van der Waals surface area (Å²) in [6.07, 6.45) is 2.96. The lowest BCUT2D eigenvalue weighted by atomic mass is 9.91. The quantitative estimate of drug-likeness (QED) is 0.812. The molecule has 27 heavy (non-hydrogen) atoms. The summed E-state index contributed by atoms with van der Waals surface area (Å²) >= 11 is 0. The third-order valence-corrected chi connectivity index (χ3v) is 5.69. The Bertz CT molecular complexity index is 633. The first kappa shape index (κ1) is 20.0. The SMILES string of the molecule is COc1ccccc1N1CCN(C2CCCN(C(=O)CC(C)(C)C)C2)CC1. The molecule has 5 nitrogen and oxygen atoms in total. The molecule has 0 bridgehead atoms. The highest BCUT2D eigenvalue weighted by molar-refractivity contribution is 5.77. The zero-order valence-corrected chi connectivity index (χ0v) is 17.4. The van der Waals surface area contributed by atoms with Gasteiger partial charge in [-0.2, -0.15) is 0 Å². The Morgan fingerprint density at radius 1 is 1.11 bits per heavy atom. The van der Waals surface area contributed by atoms with Crippen LogP contribution in [0.15, 0.2) is 24.3 Å². The molecule has 0 radical (unpaired) electrons. The number of methoxy groups -OCH3 is 1. The van der Waals surface area contributed by atoms with E-state index < -0.39 is 0 Å². The van der Waals surface area contributed by atoms with Gasteiger partial charge in [-0.1, -0.05) is 32.9 Å². The summed E-state index contributed by atoms with van der Waals surface area (Å²) in [6, 6.07) is 8.76. The lowest BCUT2D eigenvalue weighted by Crippen LogP contribution is -2.56. The van der Waals surface area contributed by atoms with Crippen LogP contribution in [0.1, 0.15) is 40.0 Å². The molecule has 0 saturated carbocycles. The Kier molecular flexibility index (Phi) is 6.30. The fourth-order valence-electron chi connectivity index (χ4n) is 4.26. The summed E-state index contributed by atoms with van der Waals surface area (Å²) in [5.74, 6) is 1.27. The van der Waals surface area contributed by atoms with Crippen LogP contribution in [0.25, 0.3) is 0 Å². The Balaban J connectivity index is 1.55. The second-order valence-corrected chi connectivity index (χ2v) is 9.07. The summed E-state index contributed by atoms with van der Waals surface area (Å²) < 4.78 is 5.52. The summed E-state index contributed by atoms with van der Waals surface area (Å²) in [5.41, 5.74) is 1.25. The van der Waals surface area contributed by atoms with Crippen LogP contribution in [0.5, 0.6) is 5.75 Å². The van der Waals surface area contributed by atoms with Crippen molar-refractivity contribution < 1.29 is 9.53 Å². The largest absolute Gasteiger partial charge is 0.495 e. The average molecular weight is 374 g/mol. The number of ether oxygens (including phenoxy) is 1. The van der Waals surface area contributed by atoms with Crippen molar-refractivity contribution in [2.75, 3.05) is 51.3 Å². The maximum atomic E-state index is 12.6. The van der Waals surface area contributed by atoms with E-state index in [1.165, 1.54) is 12.1 Å². The average Bonchev–Trinajstić information content (AvgIpc) is 2.67. The van der Waals surface area contributed by atoms with E-state index >= 15 is 0 Å².